The second-order valence-electron chi connectivity index (χ2n) is 1.66. The van der Waals surface area contributed by atoms with Crippen LogP contribution in [0.4, 0.5) is 0 Å². The first-order valence-electron chi connectivity index (χ1n) is 4.25. The fourth-order valence-corrected chi connectivity index (χ4v) is 0.877. The molecular weight excluding hydrogens is 176 g/mol. The standard InChI is InChI=1S/C8H9Br/c9-7-6-8-4-2-1-3-5-8/h1-5H,6-7H2/i6D,7D2/t6-/m0/s1. The van der Waals surface area contributed by atoms with E-state index < -0.39 is 11.7 Å². The van der Waals surface area contributed by atoms with Gasteiger partial charge in [0, 0.05) is 9.39 Å². The third-order valence-electron chi connectivity index (χ3n) is 1.02. The molecule has 0 spiro atoms. The van der Waals surface area contributed by atoms with Crippen molar-refractivity contribution in [3.63, 3.8) is 0 Å². The smallest absolute Gasteiger partial charge is 0.0390 e. The Balaban J connectivity index is 2.86. The number of rotatable bonds is 2. The average Bonchev–Trinajstić information content (AvgIpc) is 2.03. The average molecular weight is 188 g/mol. The van der Waals surface area contributed by atoms with Gasteiger partial charge in [0.15, 0.2) is 0 Å². The number of hydrogen-bond acceptors (Lipinski definition) is 0. The van der Waals surface area contributed by atoms with Crippen LogP contribution in [-0.2, 0) is 6.40 Å². The zero-order valence-corrected chi connectivity index (χ0v) is 6.43. The number of aryl methyl sites for hydroxylation is 1. The van der Waals surface area contributed by atoms with E-state index in [2.05, 4.69) is 15.9 Å². The SMILES string of the molecule is [2H][C@H](c1ccccc1)C([2H])([2H])Br. The van der Waals surface area contributed by atoms with Gasteiger partial charge in [-0.3, -0.25) is 0 Å². The van der Waals surface area contributed by atoms with E-state index >= 15 is 0 Å². The van der Waals surface area contributed by atoms with Crippen LogP contribution >= 0.6 is 15.9 Å². The monoisotopic (exact) mass is 187 g/mol. The zero-order valence-electron chi connectivity index (χ0n) is 7.84. The van der Waals surface area contributed by atoms with Crippen molar-refractivity contribution >= 4 is 15.9 Å². The second-order valence-corrected chi connectivity index (χ2v) is 2.12. The lowest BCUT2D eigenvalue weighted by atomic mass is 10.2. The Hall–Kier alpha value is -0.300. The predicted octanol–water partition coefficient (Wildman–Crippen LogP) is 2.62. The normalized spacial score (nSPS) is 19.4. The van der Waals surface area contributed by atoms with Crippen molar-refractivity contribution in [1.29, 1.82) is 0 Å². The highest BCUT2D eigenvalue weighted by Gasteiger charge is 1.85. The van der Waals surface area contributed by atoms with Gasteiger partial charge in [-0.05, 0) is 12.0 Å². The lowest BCUT2D eigenvalue weighted by Gasteiger charge is -1.92. The molecule has 0 fully saturated rings. The van der Waals surface area contributed by atoms with E-state index in [-0.39, 0.29) is 0 Å². The molecule has 48 valence electrons. The van der Waals surface area contributed by atoms with Crippen molar-refractivity contribution in [2.45, 2.75) is 6.40 Å². The molecule has 0 nitrogen and oxygen atoms in total. The maximum Gasteiger partial charge on any atom is 0.0390 e. The van der Waals surface area contributed by atoms with E-state index in [1.807, 2.05) is 6.07 Å². The summed E-state index contributed by atoms with van der Waals surface area (Å²) in [5.41, 5.74) is 0.680. The molecule has 0 bridgehead atoms. The minimum atomic E-state index is -1.66. The summed E-state index contributed by atoms with van der Waals surface area (Å²) in [6.07, 6.45) is -0.876. The molecule has 1 atom stereocenters. The summed E-state index contributed by atoms with van der Waals surface area (Å²) < 4.78 is 22.1. The molecule has 1 aromatic rings. The Morgan fingerprint density at radius 2 is 2.00 bits per heavy atom. The van der Waals surface area contributed by atoms with Crippen molar-refractivity contribution in [2.24, 2.45) is 0 Å². The van der Waals surface area contributed by atoms with Gasteiger partial charge in [-0.25, -0.2) is 0 Å². The highest BCUT2D eigenvalue weighted by atomic mass is 79.9. The quantitative estimate of drug-likeness (QED) is 0.626. The van der Waals surface area contributed by atoms with Crippen molar-refractivity contribution in [1.82, 2.24) is 0 Å². The molecular formula is C8H9Br. The van der Waals surface area contributed by atoms with Gasteiger partial charge in [-0.2, -0.15) is 0 Å². The number of benzene rings is 1. The highest BCUT2D eigenvalue weighted by Crippen LogP contribution is 2.00. The van der Waals surface area contributed by atoms with Crippen molar-refractivity contribution in [3.8, 4) is 0 Å². The number of halogens is 1. The van der Waals surface area contributed by atoms with Gasteiger partial charge in [0.05, 0.1) is 0 Å². The first-order chi connectivity index (χ1) is 5.52. The van der Waals surface area contributed by atoms with Gasteiger partial charge >= 0.3 is 0 Å². The van der Waals surface area contributed by atoms with Crippen LogP contribution < -0.4 is 0 Å². The first kappa shape index (κ1) is 3.77. The molecule has 0 N–H and O–H groups in total. The maximum atomic E-state index is 7.54. The zero-order chi connectivity index (χ0) is 9.19. The van der Waals surface area contributed by atoms with Crippen LogP contribution in [0.15, 0.2) is 30.3 Å². The van der Waals surface area contributed by atoms with E-state index in [1.54, 1.807) is 24.3 Å². The summed E-state index contributed by atoms with van der Waals surface area (Å²) in [5.74, 6) is 0. The van der Waals surface area contributed by atoms with Crippen LogP contribution in [0.25, 0.3) is 0 Å². The lowest BCUT2D eigenvalue weighted by molar-refractivity contribution is 1.17. The summed E-state index contributed by atoms with van der Waals surface area (Å²) in [6.45, 7) is 0. The Bertz CT molecular complexity index is 242. The molecule has 0 saturated carbocycles. The Morgan fingerprint density at radius 3 is 2.56 bits per heavy atom. The summed E-state index contributed by atoms with van der Waals surface area (Å²) in [5, 5.41) is -1.66. The predicted molar refractivity (Wildman–Crippen MR) is 43.9 cm³/mol. The number of hydrogen-bond donors (Lipinski definition) is 0. The Morgan fingerprint density at radius 1 is 1.33 bits per heavy atom. The molecule has 0 aliphatic rings. The Labute approximate surface area is 68.2 Å². The summed E-state index contributed by atoms with van der Waals surface area (Å²) in [7, 11) is 0. The molecule has 0 aliphatic carbocycles. The Kier molecular flexibility index (Phi) is 1.54. The van der Waals surface area contributed by atoms with E-state index in [0.29, 0.717) is 5.56 Å². The third kappa shape index (κ3) is 2.19. The molecule has 0 aliphatic heterocycles. The minimum absolute atomic E-state index is 0.680. The van der Waals surface area contributed by atoms with Gasteiger partial charge < -0.3 is 0 Å². The number of alkyl halides is 1. The molecule has 0 amide bonds. The van der Waals surface area contributed by atoms with Crippen LogP contribution in [0.5, 0.6) is 0 Å². The van der Waals surface area contributed by atoms with Crippen molar-refractivity contribution < 1.29 is 4.11 Å². The highest BCUT2D eigenvalue weighted by molar-refractivity contribution is 9.09. The van der Waals surface area contributed by atoms with Crippen molar-refractivity contribution in [3.05, 3.63) is 35.9 Å². The van der Waals surface area contributed by atoms with Crippen LogP contribution in [0, 0.1) is 0 Å². The lowest BCUT2D eigenvalue weighted by Crippen LogP contribution is -1.82. The van der Waals surface area contributed by atoms with E-state index in [1.165, 1.54) is 0 Å². The minimum Gasteiger partial charge on any atom is -0.0924 e. The fraction of sp³-hybridized carbons (Fsp3) is 0.250. The summed E-state index contributed by atoms with van der Waals surface area (Å²) in [4.78, 5) is 0. The molecule has 0 aromatic heterocycles. The molecule has 1 heteroatoms. The van der Waals surface area contributed by atoms with E-state index in [0.717, 1.165) is 0 Å². The van der Waals surface area contributed by atoms with Crippen LogP contribution in [0.2, 0.25) is 0 Å². The van der Waals surface area contributed by atoms with Gasteiger partial charge in [0.2, 0.25) is 0 Å². The van der Waals surface area contributed by atoms with Crippen molar-refractivity contribution in [2.75, 3.05) is 5.28 Å². The molecule has 0 heterocycles. The second kappa shape index (κ2) is 3.67. The molecule has 1 aromatic carbocycles. The topological polar surface area (TPSA) is 0 Å². The summed E-state index contributed by atoms with van der Waals surface area (Å²) in [6, 6.07) is 8.94. The van der Waals surface area contributed by atoms with Gasteiger partial charge in [0.25, 0.3) is 0 Å². The first-order valence-corrected chi connectivity index (χ1v) is 3.47. The summed E-state index contributed by atoms with van der Waals surface area (Å²) >= 11 is 2.83. The molecule has 0 saturated heterocycles. The van der Waals surface area contributed by atoms with Crippen LogP contribution in [-0.4, -0.2) is 5.28 Å². The maximum absolute atomic E-state index is 7.54. The van der Waals surface area contributed by atoms with E-state index in [9.17, 15) is 0 Å². The molecule has 0 unspecified atom stereocenters. The largest absolute Gasteiger partial charge is 0.0924 e. The van der Waals surface area contributed by atoms with Crippen LogP contribution in [0.1, 0.15) is 9.68 Å². The fourth-order valence-electron chi connectivity index (χ4n) is 0.612. The van der Waals surface area contributed by atoms with Gasteiger partial charge in [-0.15, -0.1) is 0 Å². The third-order valence-corrected chi connectivity index (χ3v) is 1.25. The van der Waals surface area contributed by atoms with E-state index in [4.69, 9.17) is 4.11 Å². The van der Waals surface area contributed by atoms with Crippen LogP contribution in [0.3, 0.4) is 0 Å². The van der Waals surface area contributed by atoms with Gasteiger partial charge in [-0.1, -0.05) is 46.3 Å². The molecule has 1 rings (SSSR count). The molecule has 9 heavy (non-hydrogen) atoms. The van der Waals surface area contributed by atoms with Gasteiger partial charge in [0.1, 0.15) is 0 Å². The molecule has 0 radical (unpaired) electrons.